The molecule has 0 aliphatic rings. The first kappa shape index (κ1) is 11.4. The number of amidine groups is 1. The number of benzene rings is 1. The van der Waals surface area contributed by atoms with Gasteiger partial charge in [0.25, 0.3) is 0 Å². The molecule has 4 N–H and O–H groups in total. The summed E-state index contributed by atoms with van der Waals surface area (Å²) in [6.07, 6.45) is 0.532. The van der Waals surface area contributed by atoms with Crippen LogP contribution in [0.1, 0.15) is 17.5 Å². The molecule has 0 aliphatic heterocycles. The zero-order chi connectivity index (χ0) is 11.3. The molecule has 0 amide bonds. The molecule has 0 bridgehead atoms. The fraction of sp³-hybridized carbons (Fsp3) is 0.364. The Labute approximate surface area is 89.8 Å². The van der Waals surface area contributed by atoms with E-state index in [9.17, 15) is 0 Å². The highest BCUT2D eigenvalue weighted by Gasteiger charge is 2.01. The van der Waals surface area contributed by atoms with Gasteiger partial charge in [-0.3, -0.25) is 0 Å². The molecule has 1 aromatic carbocycles. The number of nitrogens with two attached hydrogens (primary N) is 1. The van der Waals surface area contributed by atoms with Gasteiger partial charge in [0.15, 0.2) is 0 Å². The van der Waals surface area contributed by atoms with Gasteiger partial charge >= 0.3 is 0 Å². The molecule has 0 unspecified atom stereocenters. The zero-order valence-electron chi connectivity index (χ0n) is 9.12. The second kappa shape index (κ2) is 5.24. The average molecular weight is 207 g/mol. The lowest BCUT2D eigenvalue weighted by Crippen LogP contribution is -2.17. The van der Waals surface area contributed by atoms with Crippen LogP contribution in [0.25, 0.3) is 0 Å². The van der Waals surface area contributed by atoms with Gasteiger partial charge in [0.05, 0.1) is 0 Å². The second-order valence-corrected chi connectivity index (χ2v) is 3.53. The van der Waals surface area contributed by atoms with Crippen LogP contribution in [0.2, 0.25) is 0 Å². The first-order valence-electron chi connectivity index (χ1n) is 4.91. The summed E-state index contributed by atoms with van der Waals surface area (Å²) < 4.78 is 0. The van der Waals surface area contributed by atoms with Crippen LogP contribution in [0, 0.1) is 13.8 Å². The minimum absolute atomic E-state index is 0.244. The molecule has 15 heavy (non-hydrogen) atoms. The van der Waals surface area contributed by atoms with Gasteiger partial charge in [-0.1, -0.05) is 23.4 Å². The quantitative estimate of drug-likeness (QED) is 0.305. The Bertz CT molecular complexity index is 341. The van der Waals surface area contributed by atoms with E-state index < -0.39 is 0 Å². The van der Waals surface area contributed by atoms with Gasteiger partial charge in [0.1, 0.15) is 5.84 Å². The standard InChI is InChI=1S/C11H17N3O/c1-8-4-3-5-9(2)11(8)13-7-6-10(12)14-15/h3-5,13,15H,6-7H2,1-2H3,(H2,12,14). The Morgan fingerprint density at radius 2 is 2.00 bits per heavy atom. The van der Waals surface area contributed by atoms with Crippen molar-refractivity contribution in [3.8, 4) is 0 Å². The number of oxime groups is 1. The highest BCUT2D eigenvalue weighted by atomic mass is 16.4. The fourth-order valence-electron chi connectivity index (χ4n) is 1.46. The van der Waals surface area contributed by atoms with Gasteiger partial charge in [0.2, 0.25) is 0 Å². The lowest BCUT2D eigenvalue weighted by molar-refractivity contribution is 0.317. The van der Waals surface area contributed by atoms with E-state index in [2.05, 4.69) is 36.5 Å². The maximum absolute atomic E-state index is 8.38. The van der Waals surface area contributed by atoms with E-state index in [4.69, 9.17) is 10.9 Å². The lowest BCUT2D eigenvalue weighted by Gasteiger charge is -2.11. The van der Waals surface area contributed by atoms with Crippen LogP contribution in [0.15, 0.2) is 23.4 Å². The number of hydrogen-bond acceptors (Lipinski definition) is 3. The van der Waals surface area contributed by atoms with Crippen LogP contribution in [0.4, 0.5) is 5.69 Å². The van der Waals surface area contributed by atoms with Crippen LogP contribution in [0.5, 0.6) is 0 Å². The molecule has 0 spiro atoms. The highest BCUT2D eigenvalue weighted by molar-refractivity contribution is 5.80. The Kier molecular flexibility index (Phi) is 3.97. The molecular formula is C11H17N3O. The summed E-state index contributed by atoms with van der Waals surface area (Å²) in [4.78, 5) is 0. The number of para-hydroxylation sites is 1. The monoisotopic (exact) mass is 207 g/mol. The molecule has 0 radical (unpaired) electrons. The molecule has 0 aromatic heterocycles. The smallest absolute Gasteiger partial charge is 0.140 e. The van der Waals surface area contributed by atoms with Gasteiger partial charge in [-0.25, -0.2) is 0 Å². The molecule has 0 fully saturated rings. The van der Waals surface area contributed by atoms with Crippen LogP contribution in [-0.2, 0) is 0 Å². The highest BCUT2D eigenvalue weighted by Crippen LogP contribution is 2.18. The Hall–Kier alpha value is -1.71. The van der Waals surface area contributed by atoms with Gasteiger partial charge in [-0.15, -0.1) is 0 Å². The van der Waals surface area contributed by atoms with E-state index in [1.165, 1.54) is 11.1 Å². The molecule has 0 saturated carbocycles. The molecule has 1 rings (SSSR count). The summed E-state index contributed by atoms with van der Waals surface area (Å²) >= 11 is 0. The molecule has 0 heterocycles. The molecule has 4 nitrogen and oxygen atoms in total. The average Bonchev–Trinajstić information content (AvgIpc) is 2.22. The Balaban J connectivity index is 2.58. The zero-order valence-corrected chi connectivity index (χ0v) is 9.12. The summed E-state index contributed by atoms with van der Waals surface area (Å²) in [7, 11) is 0. The van der Waals surface area contributed by atoms with Gasteiger partial charge in [-0.2, -0.15) is 0 Å². The minimum atomic E-state index is 0.244. The first-order valence-corrected chi connectivity index (χ1v) is 4.91. The topological polar surface area (TPSA) is 70.6 Å². The molecule has 0 atom stereocenters. The minimum Gasteiger partial charge on any atom is -0.409 e. The molecule has 4 heteroatoms. The van der Waals surface area contributed by atoms with Crippen molar-refractivity contribution in [1.29, 1.82) is 0 Å². The van der Waals surface area contributed by atoms with Crippen molar-refractivity contribution in [1.82, 2.24) is 0 Å². The Morgan fingerprint density at radius 3 is 2.53 bits per heavy atom. The molecular weight excluding hydrogens is 190 g/mol. The Morgan fingerprint density at radius 1 is 1.40 bits per heavy atom. The van der Waals surface area contributed by atoms with E-state index in [0.29, 0.717) is 13.0 Å². The van der Waals surface area contributed by atoms with Gasteiger partial charge in [-0.05, 0) is 25.0 Å². The molecule has 82 valence electrons. The summed E-state index contributed by atoms with van der Waals surface area (Å²) in [5.41, 5.74) is 8.91. The summed E-state index contributed by atoms with van der Waals surface area (Å²) in [6, 6.07) is 6.14. The number of nitrogens with zero attached hydrogens (tertiary/aromatic N) is 1. The van der Waals surface area contributed by atoms with Crippen molar-refractivity contribution in [2.24, 2.45) is 10.9 Å². The van der Waals surface area contributed by atoms with Crippen LogP contribution in [-0.4, -0.2) is 17.6 Å². The fourth-order valence-corrected chi connectivity index (χ4v) is 1.46. The number of nitrogens with one attached hydrogen (secondary N) is 1. The number of rotatable bonds is 4. The summed E-state index contributed by atoms with van der Waals surface area (Å²) in [5, 5.41) is 14.6. The van der Waals surface area contributed by atoms with Crippen molar-refractivity contribution in [2.45, 2.75) is 20.3 Å². The maximum atomic E-state index is 8.38. The number of hydrogen-bond donors (Lipinski definition) is 3. The van der Waals surface area contributed by atoms with Crippen molar-refractivity contribution in [3.63, 3.8) is 0 Å². The third-order valence-electron chi connectivity index (χ3n) is 2.29. The summed E-state index contributed by atoms with van der Waals surface area (Å²) in [5.74, 6) is 0.244. The first-order chi connectivity index (χ1) is 7.15. The molecule has 0 aliphatic carbocycles. The normalized spacial score (nSPS) is 11.5. The molecule has 0 saturated heterocycles. The number of aryl methyl sites for hydroxylation is 2. The third kappa shape index (κ3) is 3.16. The predicted molar refractivity (Wildman–Crippen MR) is 62.4 cm³/mol. The number of anilines is 1. The van der Waals surface area contributed by atoms with Crippen LogP contribution < -0.4 is 11.1 Å². The predicted octanol–water partition coefficient (Wildman–Crippen LogP) is 1.85. The van der Waals surface area contributed by atoms with Gasteiger partial charge < -0.3 is 16.3 Å². The van der Waals surface area contributed by atoms with Crippen molar-refractivity contribution in [2.75, 3.05) is 11.9 Å². The van der Waals surface area contributed by atoms with Crippen LogP contribution in [0.3, 0.4) is 0 Å². The SMILES string of the molecule is Cc1cccc(C)c1NCCC(N)=NO. The van der Waals surface area contributed by atoms with Crippen molar-refractivity contribution < 1.29 is 5.21 Å². The van der Waals surface area contributed by atoms with Gasteiger partial charge in [0, 0.05) is 18.7 Å². The largest absolute Gasteiger partial charge is 0.409 e. The van der Waals surface area contributed by atoms with E-state index >= 15 is 0 Å². The van der Waals surface area contributed by atoms with E-state index in [-0.39, 0.29) is 5.84 Å². The maximum Gasteiger partial charge on any atom is 0.140 e. The van der Waals surface area contributed by atoms with Crippen molar-refractivity contribution >= 4 is 11.5 Å². The van der Waals surface area contributed by atoms with E-state index in [1.807, 2.05) is 6.07 Å². The van der Waals surface area contributed by atoms with E-state index in [1.54, 1.807) is 0 Å². The van der Waals surface area contributed by atoms with Crippen molar-refractivity contribution in [3.05, 3.63) is 29.3 Å². The second-order valence-electron chi connectivity index (χ2n) is 3.53. The third-order valence-corrected chi connectivity index (χ3v) is 2.29. The summed E-state index contributed by atoms with van der Waals surface area (Å²) in [6.45, 7) is 4.78. The molecule has 1 aromatic rings. The van der Waals surface area contributed by atoms with E-state index in [0.717, 1.165) is 5.69 Å². The van der Waals surface area contributed by atoms with Crippen LogP contribution >= 0.6 is 0 Å². The lowest BCUT2D eigenvalue weighted by atomic mass is 10.1.